The largest absolute Gasteiger partial charge is 0.494 e. The van der Waals surface area contributed by atoms with Gasteiger partial charge in [-0.1, -0.05) is 18.2 Å². The first kappa shape index (κ1) is 16.1. The maximum atomic E-state index is 13.0. The van der Waals surface area contributed by atoms with E-state index in [9.17, 15) is 4.79 Å². The van der Waals surface area contributed by atoms with E-state index < -0.39 is 0 Å². The molecule has 2 aliphatic rings. The van der Waals surface area contributed by atoms with Crippen LogP contribution in [0.5, 0.6) is 5.75 Å². The van der Waals surface area contributed by atoms with Gasteiger partial charge in [-0.3, -0.25) is 4.79 Å². The van der Waals surface area contributed by atoms with E-state index >= 15 is 0 Å². The molecule has 2 bridgehead atoms. The average Bonchev–Trinajstić information content (AvgIpc) is 2.96. The first-order chi connectivity index (χ1) is 12.3. The highest BCUT2D eigenvalue weighted by Gasteiger charge is 2.42. The molecular formula is C20H23N3O2. The molecule has 1 aromatic heterocycles. The Morgan fingerprint density at radius 3 is 3.08 bits per heavy atom. The Hall–Kier alpha value is -2.43. The van der Waals surface area contributed by atoms with E-state index in [0.717, 1.165) is 41.8 Å². The fraction of sp³-hybridized carbons (Fsp3) is 0.450. The van der Waals surface area contributed by atoms with Crippen molar-refractivity contribution in [3.63, 3.8) is 0 Å². The monoisotopic (exact) mass is 337 g/mol. The van der Waals surface area contributed by atoms with Crippen molar-refractivity contribution in [1.29, 1.82) is 0 Å². The van der Waals surface area contributed by atoms with E-state index in [1.165, 1.54) is 0 Å². The third kappa shape index (κ3) is 2.99. The Morgan fingerprint density at radius 1 is 1.32 bits per heavy atom. The van der Waals surface area contributed by atoms with Crippen molar-refractivity contribution < 1.29 is 9.53 Å². The highest BCUT2D eigenvalue weighted by atomic mass is 16.5. The van der Waals surface area contributed by atoms with Crippen molar-refractivity contribution in [2.24, 2.45) is 0 Å². The molecule has 130 valence electrons. The summed E-state index contributed by atoms with van der Waals surface area (Å²) in [5.41, 5.74) is 3.36. The molecule has 1 aromatic carbocycles. The standard InChI is InChI=1S/C20H23N3O2/c1-2-25-19-6-4-3-5-14(19)7-10-20(24)23-15-8-9-18(23)16-12-21-13-22-17(16)11-15/h3-6,12-13,15,18H,2,7-11H2,1H3/t15-,18-/m0/s1. The van der Waals surface area contributed by atoms with Crippen LogP contribution < -0.4 is 4.74 Å². The van der Waals surface area contributed by atoms with Gasteiger partial charge in [0.25, 0.3) is 0 Å². The molecule has 2 atom stereocenters. The number of aryl methyl sites for hydroxylation is 1. The van der Waals surface area contributed by atoms with Crippen molar-refractivity contribution in [3.8, 4) is 5.75 Å². The van der Waals surface area contributed by atoms with E-state index in [0.29, 0.717) is 25.5 Å². The van der Waals surface area contributed by atoms with E-state index in [4.69, 9.17) is 4.74 Å². The van der Waals surface area contributed by atoms with Crippen LogP contribution in [0.1, 0.15) is 49.0 Å². The molecule has 25 heavy (non-hydrogen) atoms. The van der Waals surface area contributed by atoms with Crippen molar-refractivity contribution in [1.82, 2.24) is 14.9 Å². The molecule has 5 nitrogen and oxygen atoms in total. The van der Waals surface area contributed by atoms with Gasteiger partial charge in [-0.2, -0.15) is 0 Å². The zero-order valence-corrected chi connectivity index (χ0v) is 14.5. The molecule has 0 aliphatic carbocycles. The summed E-state index contributed by atoms with van der Waals surface area (Å²) in [7, 11) is 0. The minimum Gasteiger partial charge on any atom is -0.494 e. The number of carbonyl (C=O) groups excluding carboxylic acids is 1. The predicted octanol–water partition coefficient (Wildman–Crippen LogP) is 3.10. The topological polar surface area (TPSA) is 55.3 Å². The smallest absolute Gasteiger partial charge is 0.223 e. The molecule has 1 saturated heterocycles. The molecule has 5 heteroatoms. The van der Waals surface area contributed by atoms with Crippen LogP contribution in [-0.2, 0) is 17.6 Å². The number of amides is 1. The lowest BCUT2D eigenvalue weighted by atomic mass is 9.98. The number of hydrogen-bond acceptors (Lipinski definition) is 4. The van der Waals surface area contributed by atoms with E-state index in [1.54, 1.807) is 6.33 Å². The number of rotatable bonds is 5. The summed E-state index contributed by atoms with van der Waals surface area (Å²) in [6.45, 7) is 2.62. The maximum Gasteiger partial charge on any atom is 0.223 e. The SMILES string of the molecule is CCOc1ccccc1CCC(=O)N1[C@H]2CC[C@H]1c1cncnc1C2. The van der Waals surface area contributed by atoms with Crippen LogP contribution in [0.3, 0.4) is 0 Å². The Bertz CT molecular complexity index is 777. The Balaban J connectivity index is 1.48. The van der Waals surface area contributed by atoms with Crippen LogP contribution >= 0.6 is 0 Å². The van der Waals surface area contributed by atoms with Gasteiger partial charge in [-0.05, 0) is 37.8 Å². The number of aromatic nitrogens is 2. The Morgan fingerprint density at radius 2 is 2.20 bits per heavy atom. The minimum absolute atomic E-state index is 0.157. The lowest BCUT2D eigenvalue weighted by molar-refractivity contribution is -0.134. The Kier molecular flexibility index (Phi) is 4.38. The van der Waals surface area contributed by atoms with Crippen molar-refractivity contribution in [2.45, 2.75) is 51.1 Å². The van der Waals surface area contributed by atoms with Crippen LogP contribution in [0.25, 0.3) is 0 Å². The molecule has 1 amide bonds. The minimum atomic E-state index is 0.157. The molecule has 0 radical (unpaired) electrons. The Labute approximate surface area is 148 Å². The number of benzene rings is 1. The van der Waals surface area contributed by atoms with Gasteiger partial charge in [-0.15, -0.1) is 0 Å². The van der Waals surface area contributed by atoms with Crippen LogP contribution in [0.4, 0.5) is 0 Å². The van der Waals surface area contributed by atoms with Crippen LogP contribution in [0.15, 0.2) is 36.8 Å². The molecule has 4 rings (SSSR count). The predicted molar refractivity (Wildman–Crippen MR) is 94.3 cm³/mol. The van der Waals surface area contributed by atoms with Gasteiger partial charge in [0.1, 0.15) is 12.1 Å². The highest BCUT2D eigenvalue weighted by Crippen LogP contribution is 2.43. The van der Waals surface area contributed by atoms with Crippen molar-refractivity contribution in [3.05, 3.63) is 53.6 Å². The molecule has 1 fully saturated rings. The van der Waals surface area contributed by atoms with E-state index in [-0.39, 0.29) is 11.9 Å². The zero-order chi connectivity index (χ0) is 17.2. The zero-order valence-electron chi connectivity index (χ0n) is 14.5. The third-order valence-corrected chi connectivity index (χ3v) is 5.29. The van der Waals surface area contributed by atoms with Gasteiger partial charge in [0.15, 0.2) is 0 Å². The van der Waals surface area contributed by atoms with Crippen LogP contribution in [0, 0.1) is 0 Å². The lowest BCUT2D eigenvalue weighted by Gasteiger charge is -2.35. The van der Waals surface area contributed by atoms with Gasteiger partial charge < -0.3 is 9.64 Å². The fourth-order valence-corrected chi connectivity index (χ4v) is 4.18. The number of nitrogens with zero attached hydrogens (tertiary/aromatic N) is 3. The number of fused-ring (bicyclic) bond motifs is 4. The molecule has 2 aliphatic heterocycles. The molecular weight excluding hydrogens is 314 g/mol. The van der Waals surface area contributed by atoms with Crippen LogP contribution in [0.2, 0.25) is 0 Å². The second-order valence-electron chi connectivity index (χ2n) is 6.72. The normalized spacial score (nSPS) is 21.1. The highest BCUT2D eigenvalue weighted by molar-refractivity contribution is 5.78. The van der Waals surface area contributed by atoms with Gasteiger partial charge in [0, 0.05) is 30.6 Å². The summed E-state index contributed by atoms with van der Waals surface area (Å²) in [6, 6.07) is 8.44. The lowest BCUT2D eigenvalue weighted by Crippen LogP contribution is -2.42. The third-order valence-electron chi connectivity index (χ3n) is 5.29. The van der Waals surface area contributed by atoms with Gasteiger partial charge in [-0.25, -0.2) is 9.97 Å². The molecule has 3 heterocycles. The fourth-order valence-electron chi connectivity index (χ4n) is 4.18. The molecule has 0 N–H and O–H groups in total. The average molecular weight is 337 g/mol. The van der Waals surface area contributed by atoms with Gasteiger partial charge in [0.2, 0.25) is 5.91 Å². The van der Waals surface area contributed by atoms with Crippen molar-refractivity contribution >= 4 is 5.91 Å². The van der Waals surface area contributed by atoms with Crippen molar-refractivity contribution in [2.75, 3.05) is 6.61 Å². The first-order valence-corrected chi connectivity index (χ1v) is 9.08. The first-order valence-electron chi connectivity index (χ1n) is 9.08. The van der Waals surface area contributed by atoms with Gasteiger partial charge in [0.05, 0.1) is 18.3 Å². The number of ether oxygens (including phenoxy) is 1. The second-order valence-corrected chi connectivity index (χ2v) is 6.72. The summed E-state index contributed by atoms with van der Waals surface area (Å²) in [4.78, 5) is 23.6. The summed E-state index contributed by atoms with van der Waals surface area (Å²) >= 11 is 0. The quantitative estimate of drug-likeness (QED) is 0.841. The van der Waals surface area contributed by atoms with Crippen LogP contribution in [-0.4, -0.2) is 33.4 Å². The molecule has 2 aromatic rings. The number of hydrogen-bond donors (Lipinski definition) is 0. The van der Waals surface area contributed by atoms with E-state index in [1.807, 2.05) is 37.4 Å². The summed E-state index contributed by atoms with van der Waals surface area (Å²) in [5, 5.41) is 0. The van der Waals surface area contributed by atoms with E-state index in [2.05, 4.69) is 14.9 Å². The maximum absolute atomic E-state index is 13.0. The number of para-hydroxylation sites is 1. The summed E-state index contributed by atoms with van der Waals surface area (Å²) < 4.78 is 5.67. The number of carbonyl (C=O) groups is 1. The molecule has 0 unspecified atom stereocenters. The second kappa shape index (κ2) is 6.82. The summed E-state index contributed by atoms with van der Waals surface area (Å²) in [5.74, 6) is 1.12. The van der Waals surface area contributed by atoms with Gasteiger partial charge >= 0.3 is 0 Å². The molecule has 0 spiro atoms. The molecule has 0 saturated carbocycles. The summed E-state index contributed by atoms with van der Waals surface area (Å²) in [6.07, 6.45) is 7.66.